The van der Waals surface area contributed by atoms with E-state index in [1.165, 1.54) is 0 Å². The van der Waals surface area contributed by atoms with Gasteiger partial charge in [-0.3, -0.25) is 4.40 Å². The molecule has 0 spiro atoms. The van der Waals surface area contributed by atoms with Crippen LogP contribution in [-0.4, -0.2) is 57.8 Å². The summed E-state index contributed by atoms with van der Waals surface area (Å²) in [6.45, 7) is 8.24. The maximum Gasteiger partial charge on any atom is 0.194 e. The number of fused-ring (bicyclic) bond motifs is 1. The van der Waals surface area contributed by atoms with Crippen molar-refractivity contribution in [2.75, 3.05) is 26.2 Å². The van der Waals surface area contributed by atoms with Crippen molar-refractivity contribution >= 4 is 11.6 Å². The van der Waals surface area contributed by atoms with Gasteiger partial charge in [0.1, 0.15) is 6.54 Å². The van der Waals surface area contributed by atoms with Gasteiger partial charge in [-0.15, -0.1) is 10.2 Å². The van der Waals surface area contributed by atoms with Gasteiger partial charge in [0.05, 0.1) is 6.10 Å². The molecule has 0 unspecified atom stereocenters. The van der Waals surface area contributed by atoms with Gasteiger partial charge in [-0.2, -0.15) is 0 Å². The molecule has 0 bridgehead atoms. The first-order valence-electron chi connectivity index (χ1n) is 8.75. The molecule has 0 saturated carbocycles. The number of piperidine rings is 1. The van der Waals surface area contributed by atoms with Crippen LogP contribution < -0.4 is 5.32 Å². The van der Waals surface area contributed by atoms with Crippen LogP contribution in [0.25, 0.3) is 5.65 Å². The van der Waals surface area contributed by atoms with Crippen LogP contribution in [0.15, 0.2) is 29.4 Å². The second-order valence-corrected chi connectivity index (χ2v) is 5.86. The number of nitrogens with one attached hydrogen (secondary N) is 1. The highest BCUT2D eigenvalue weighted by Crippen LogP contribution is 2.14. The monoisotopic (exact) mass is 330 g/mol. The Morgan fingerprint density at radius 2 is 2.12 bits per heavy atom. The van der Waals surface area contributed by atoms with Crippen molar-refractivity contribution in [1.29, 1.82) is 0 Å². The van der Waals surface area contributed by atoms with E-state index in [2.05, 4.69) is 34.3 Å². The van der Waals surface area contributed by atoms with Gasteiger partial charge in [0.15, 0.2) is 17.4 Å². The Morgan fingerprint density at radius 1 is 1.29 bits per heavy atom. The molecule has 3 heterocycles. The number of pyridine rings is 1. The summed E-state index contributed by atoms with van der Waals surface area (Å²) in [6, 6.07) is 5.89. The number of ether oxygens (including phenoxy) is 1. The van der Waals surface area contributed by atoms with E-state index in [0.29, 0.717) is 12.6 Å². The lowest BCUT2D eigenvalue weighted by Gasteiger charge is -2.34. The van der Waals surface area contributed by atoms with Gasteiger partial charge in [-0.25, -0.2) is 4.99 Å². The number of hydrogen-bond acceptors (Lipinski definition) is 4. The number of guanidine groups is 1. The van der Waals surface area contributed by atoms with Gasteiger partial charge in [0, 0.05) is 32.4 Å². The Labute approximate surface area is 142 Å². The molecule has 7 heteroatoms. The smallest absolute Gasteiger partial charge is 0.194 e. The summed E-state index contributed by atoms with van der Waals surface area (Å²) in [4.78, 5) is 7.08. The van der Waals surface area contributed by atoms with Crippen LogP contribution in [-0.2, 0) is 11.3 Å². The zero-order valence-electron chi connectivity index (χ0n) is 14.5. The highest BCUT2D eigenvalue weighted by Gasteiger charge is 2.21. The summed E-state index contributed by atoms with van der Waals surface area (Å²) in [5.41, 5.74) is 0.852. The van der Waals surface area contributed by atoms with E-state index in [9.17, 15) is 0 Å². The first-order valence-corrected chi connectivity index (χ1v) is 8.75. The van der Waals surface area contributed by atoms with Crippen LogP contribution in [0.3, 0.4) is 0 Å². The van der Waals surface area contributed by atoms with E-state index in [4.69, 9.17) is 9.73 Å². The minimum absolute atomic E-state index is 0.384. The average Bonchev–Trinajstić information content (AvgIpc) is 3.03. The Kier molecular flexibility index (Phi) is 5.63. The first-order chi connectivity index (χ1) is 11.8. The fourth-order valence-electron chi connectivity index (χ4n) is 3.04. The molecule has 1 N–H and O–H groups in total. The third kappa shape index (κ3) is 3.84. The van der Waals surface area contributed by atoms with E-state index in [0.717, 1.165) is 56.5 Å². The average molecular weight is 330 g/mol. The standard InChI is InChI=1S/C17H26N6O/c1-3-18-17(22-11-8-14(9-12-22)24-4-2)19-13-16-21-20-15-7-5-6-10-23(15)16/h5-7,10,14H,3-4,8-9,11-13H2,1-2H3,(H,18,19). The molecule has 24 heavy (non-hydrogen) atoms. The van der Waals surface area contributed by atoms with Gasteiger partial charge in [0.2, 0.25) is 0 Å². The lowest BCUT2D eigenvalue weighted by molar-refractivity contribution is 0.0263. The quantitative estimate of drug-likeness (QED) is 0.667. The number of likely N-dealkylation sites (tertiary alicyclic amines) is 1. The van der Waals surface area contributed by atoms with Crippen LogP contribution in [0.2, 0.25) is 0 Å². The third-order valence-electron chi connectivity index (χ3n) is 4.23. The molecule has 2 aromatic heterocycles. The van der Waals surface area contributed by atoms with Crippen molar-refractivity contribution in [2.45, 2.75) is 39.3 Å². The third-order valence-corrected chi connectivity index (χ3v) is 4.23. The summed E-state index contributed by atoms with van der Waals surface area (Å²) in [7, 11) is 0. The molecular weight excluding hydrogens is 304 g/mol. The summed E-state index contributed by atoms with van der Waals surface area (Å²) in [5, 5.41) is 11.8. The summed E-state index contributed by atoms with van der Waals surface area (Å²) in [5.74, 6) is 1.80. The predicted molar refractivity (Wildman–Crippen MR) is 94.0 cm³/mol. The van der Waals surface area contributed by atoms with Gasteiger partial charge < -0.3 is 15.0 Å². The fourth-order valence-corrected chi connectivity index (χ4v) is 3.04. The zero-order chi connectivity index (χ0) is 16.8. The van der Waals surface area contributed by atoms with Crippen LogP contribution in [0, 0.1) is 0 Å². The number of nitrogens with zero attached hydrogens (tertiary/aromatic N) is 5. The Balaban J connectivity index is 1.68. The molecule has 0 amide bonds. The van der Waals surface area contributed by atoms with E-state index in [1.54, 1.807) is 0 Å². The van der Waals surface area contributed by atoms with Gasteiger partial charge in [-0.05, 0) is 38.8 Å². The lowest BCUT2D eigenvalue weighted by Crippen LogP contribution is -2.47. The van der Waals surface area contributed by atoms with Crippen molar-refractivity contribution < 1.29 is 4.74 Å². The van der Waals surface area contributed by atoms with Crippen molar-refractivity contribution in [1.82, 2.24) is 24.8 Å². The largest absolute Gasteiger partial charge is 0.378 e. The van der Waals surface area contributed by atoms with Gasteiger partial charge in [0.25, 0.3) is 0 Å². The molecule has 1 saturated heterocycles. The van der Waals surface area contributed by atoms with Crippen LogP contribution in [0.1, 0.15) is 32.5 Å². The van der Waals surface area contributed by atoms with Crippen molar-refractivity contribution in [2.24, 2.45) is 4.99 Å². The van der Waals surface area contributed by atoms with E-state index >= 15 is 0 Å². The molecule has 1 aliphatic rings. The maximum absolute atomic E-state index is 5.73. The lowest BCUT2D eigenvalue weighted by atomic mass is 10.1. The second-order valence-electron chi connectivity index (χ2n) is 5.86. The Bertz CT molecular complexity index is 675. The molecule has 3 rings (SSSR count). The zero-order valence-corrected chi connectivity index (χ0v) is 14.5. The molecule has 0 aliphatic carbocycles. The van der Waals surface area contributed by atoms with Crippen LogP contribution >= 0.6 is 0 Å². The van der Waals surface area contributed by atoms with E-state index < -0.39 is 0 Å². The predicted octanol–water partition coefficient (Wildman–Crippen LogP) is 1.70. The van der Waals surface area contributed by atoms with Gasteiger partial charge >= 0.3 is 0 Å². The summed E-state index contributed by atoms with van der Waals surface area (Å²) < 4.78 is 7.71. The number of hydrogen-bond donors (Lipinski definition) is 1. The molecule has 0 aromatic carbocycles. The SMILES string of the molecule is CCNC(=NCc1nnc2ccccn12)N1CCC(OCC)CC1. The molecule has 130 valence electrons. The van der Waals surface area contributed by atoms with E-state index in [-0.39, 0.29) is 0 Å². The van der Waals surface area contributed by atoms with Gasteiger partial charge in [-0.1, -0.05) is 6.07 Å². The molecule has 1 aliphatic heterocycles. The Morgan fingerprint density at radius 3 is 2.88 bits per heavy atom. The second kappa shape index (κ2) is 8.10. The molecule has 0 atom stereocenters. The molecule has 1 fully saturated rings. The number of aromatic nitrogens is 3. The topological polar surface area (TPSA) is 67.0 Å². The van der Waals surface area contributed by atoms with Crippen molar-refractivity contribution in [3.63, 3.8) is 0 Å². The highest BCUT2D eigenvalue weighted by atomic mass is 16.5. The molecule has 2 aromatic rings. The van der Waals surface area contributed by atoms with Crippen molar-refractivity contribution in [3.05, 3.63) is 30.2 Å². The van der Waals surface area contributed by atoms with Crippen molar-refractivity contribution in [3.8, 4) is 0 Å². The molecular formula is C17H26N6O. The number of rotatable bonds is 5. The molecule has 0 radical (unpaired) electrons. The molecule has 7 nitrogen and oxygen atoms in total. The highest BCUT2D eigenvalue weighted by molar-refractivity contribution is 5.80. The maximum atomic E-state index is 5.73. The minimum atomic E-state index is 0.384. The van der Waals surface area contributed by atoms with Crippen LogP contribution in [0.5, 0.6) is 0 Å². The van der Waals surface area contributed by atoms with Crippen LogP contribution in [0.4, 0.5) is 0 Å². The fraction of sp³-hybridized carbons (Fsp3) is 0.588. The first kappa shape index (κ1) is 16.7. The number of aliphatic imine (C=N–C) groups is 1. The Hall–Kier alpha value is -2.15. The van der Waals surface area contributed by atoms with E-state index in [1.807, 2.05) is 28.8 Å². The minimum Gasteiger partial charge on any atom is -0.378 e. The summed E-state index contributed by atoms with van der Waals surface area (Å²) in [6.07, 6.45) is 4.45. The summed E-state index contributed by atoms with van der Waals surface area (Å²) >= 11 is 0. The normalized spacial score (nSPS) is 16.8.